The molecule has 0 radical (unpaired) electrons. The molecule has 0 atom stereocenters. The molecule has 0 unspecified atom stereocenters. The first-order chi connectivity index (χ1) is 11.2. The summed E-state index contributed by atoms with van der Waals surface area (Å²) in [6.45, 7) is 3.59. The summed E-state index contributed by atoms with van der Waals surface area (Å²) in [5.41, 5.74) is 0. The summed E-state index contributed by atoms with van der Waals surface area (Å²) in [4.78, 5) is 11.8. The number of ether oxygens (including phenoxy) is 2. The van der Waals surface area contributed by atoms with Crippen LogP contribution in [0.1, 0.15) is 6.92 Å². The number of hydrogen-bond acceptors (Lipinski definition) is 6. The van der Waals surface area contributed by atoms with Crippen molar-refractivity contribution in [1.29, 1.82) is 0 Å². The summed E-state index contributed by atoms with van der Waals surface area (Å²) in [6.07, 6.45) is 1.65. The molecule has 0 saturated heterocycles. The molecule has 8 heteroatoms. The Bertz CT molecular complexity index is 633. The van der Waals surface area contributed by atoms with E-state index in [1.807, 2.05) is 35.8 Å². The topological polar surface area (TPSA) is 78.3 Å². The third kappa shape index (κ3) is 5.17. The van der Waals surface area contributed by atoms with Crippen LogP contribution in [0.2, 0.25) is 0 Å². The van der Waals surface area contributed by atoms with Crippen molar-refractivity contribution in [2.24, 2.45) is 0 Å². The second-order valence-corrected chi connectivity index (χ2v) is 5.48. The lowest BCUT2D eigenvalue weighted by atomic mass is 10.3. The number of rotatable bonds is 9. The number of hydrogen-bond donors (Lipinski definition) is 1. The summed E-state index contributed by atoms with van der Waals surface area (Å²) < 4.78 is 12.7. The van der Waals surface area contributed by atoms with Crippen LogP contribution in [0.25, 0.3) is 0 Å². The van der Waals surface area contributed by atoms with Gasteiger partial charge in [-0.2, -0.15) is 0 Å². The first-order valence-corrected chi connectivity index (χ1v) is 8.26. The molecule has 124 valence electrons. The first kappa shape index (κ1) is 17.1. The quantitative estimate of drug-likeness (QED) is 0.553. The lowest BCUT2D eigenvalue weighted by molar-refractivity contribution is -0.118. The molecule has 2 aromatic rings. The molecule has 1 amide bonds. The van der Waals surface area contributed by atoms with Crippen molar-refractivity contribution >= 4 is 17.7 Å². The van der Waals surface area contributed by atoms with Crippen molar-refractivity contribution in [2.45, 2.75) is 18.6 Å². The van der Waals surface area contributed by atoms with Gasteiger partial charge in [0.1, 0.15) is 12.9 Å². The predicted molar refractivity (Wildman–Crippen MR) is 87.9 cm³/mol. The van der Waals surface area contributed by atoms with Gasteiger partial charge in [0.15, 0.2) is 16.7 Å². The molecule has 1 aromatic heterocycles. The largest absolute Gasteiger partial charge is 0.493 e. The van der Waals surface area contributed by atoms with E-state index in [1.165, 1.54) is 11.8 Å². The van der Waals surface area contributed by atoms with E-state index in [0.717, 1.165) is 11.7 Å². The van der Waals surface area contributed by atoms with Gasteiger partial charge in [-0.05, 0) is 19.1 Å². The highest BCUT2D eigenvalue weighted by Gasteiger charge is 2.08. The number of carbonyl (C=O) groups is 1. The predicted octanol–water partition coefficient (Wildman–Crippen LogP) is 1.59. The van der Waals surface area contributed by atoms with E-state index in [4.69, 9.17) is 9.47 Å². The Balaban J connectivity index is 1.67. The van der Waals surface area contributed by atoms with Crippen LogP contribution in [0.4, 0.5) is 0 Å². The Morgan fingerprint density at radius 2 is 2.13 bits per heavy atom. The van der Waals surface area contributed by atoms with E-state index in [0.29, 0.717) is 30.4 Å². The van der Waals surface area contributed by atoms with Gasteiger partial charge in [0.05, 0.1) is 19.4 Å². The summed E-state index contributed by atoms with van der Waals surface area (Å²) in [5.74, 6) is 1.57. The molecule has 0 aliphatic heterocycles. The van der Waals surface area contributed by atoms with E-state index in [-0.39, 0.29) is 5.91 Å². The minimum atomic E-state index is -0.0655. The lowest BCUT2D eigenvalue weighted by Crippen LogP contribution is -2.29. The monoisotopic (exact) mass is 336 g/mol. The van der Waals surface area contributed by atoms with Crippen LogP contribution in [-0.4, -0.2) is 46.7 Å². The molecule has 0 bridgehead atoms. The maximum Gasteiger partial charge on any atom is 0.230 e. The van der Waals surface area contributed by atoms with Crippen molar-refractivity contribution in [3.63, 3.8) is 0 Å². The molecule has 1 aromatic carbocycles. The number of thioether (sulfide) groups is 1. The summed E-state index contributed by atoms with van der Waals surface area (Å²) in [5, 5.41) is 11.3. The smallest absolute Gasteiger partial charge is 0.230 e. The fourth-order valence-electron chi connectivity index (χ4n) is 1.84. The third-order valence-electron chi connectivity index (χ3n) is 3.00. The van der Waals surface area contributed by atoms with Crippen LogP contribution >= 0.6 is 11.8 Å². The molecule has 1 heterocycles. The van der Waals surface area contributed by atoms with Gasteiger partial charge in [-0.15, -0.1) is 10.2 Å². The molecule has 0 aliphatic rings. The molecule has 0 saturated carbocycles. The standard InChI is InChI=1S/C15H20N4O3S/c1-3-19-11-17-18-15(19)23-10-14(20)16-8-9-22-13-7-5-4-6-12(13)21-2/h4-7,11H,3,8-10H2,1-2H3,(H,16,20). The fourth-order valence-corrected chi connectivity index (χ4v) is 2.65. The van der Waals surface area contributed by atoms with Crippen LogP contribution in [0.5, 0.6) is 11.5 Å². The maximum atomic E-state index is 11.8. The van der Waals surface area contributed by atoms with E-state index in [2.05, 4.69) is 15.5 Å². The average Bonchev–Trinajstić information content (AvgIpc) is 3.04. The van der Waals surface area contributed by atoms with Crippen LogP contribution in [0, 0.1) is 0 Å². The average molecular weight is 336 g/mol. The highest BCUT2D eigenvalue weighted by atomic mass is 32.2. The molecule has 1 N–H and O–H groups in total. The number of methoxy groups -OCH3 is 1. The Morgan fingerprint density at radius 3 is 2.87 bits per heavy atom. The van der Waals surface area contributed by atoms with Crippen molar-refractivity contribution in [2.75, 3.05) is 26.0 Å². The molecule has 2 rings (SSSR count). The molecule has 23 heavy (non-hydrogen) atoms. The van der Waals surface area contributed by atoms with Crippen LogP contribution < -0.4 is 14.8 Å². The highest BCUT2D eigenvalue weighted by Crippen LogP contribution is 2.25. The second-order valence-electron chi connectivity index (χ2n) is 4.54. The van der Waals surface area contributed by atoms with Crippen LogP contribution in [0.15, 0.2) is 35.7 Å². The zero-order valence-electron chi connectivity index (χ0n) is 13.2. The summed E-state index contributed by atoms with van der Waals surface area (Å²) in [7, 11) is 1.59. The van der Waals surface area contributed by atoms with Gasteiger partial charge in [-0.25, -0.2) is 0 Å². The number of nitrogens with zero attached hydrogens (tertiary/aromatic N) is 3. The minimum Gasteiger partial charge on any atom is -0.493 e. The summed E-state index contributed by atoms with van der Waals surface area (Å²) in [6, 6.07) is 7.40. The van der Waals surface area contributed by atoms with E-state index in [9.17, 15) is 4.79 Å². The van der Waals surface area contributed by atoms with E-state index < -0.39 is 0 Å². The lowest BCUT2D eigenvalue weighted by Gasteiger charge is -2.10. The van der Waals surface area contributed by atoms with Crippen LogP contribution in [0.3, 0.4) is 0 Å². The Hall–Kier alpha value is -2.22. The normalized spacial score (nSPS) is 10.3. The highest BCUT2D eigenvalue weighted by molar-refractivity contribution is 7.99. The summed E-state index contributed by atoms with van der Waals surface area (Å²) >= 11 is 1.36. The van der Waals surface area contributed by atoms with Gasteiger partial charge < -0.3 is 19.4 Å². The Labute approximate surface area is 139 Å². The van der Waals surface area contributed by atoms with Gasteiger partial charge >= 0.3 is 0 Å². The molecule has 0 spiro atoms. The second kappa shape index (κ2) is 9.04. The van der Waals surface area contributed by atoms with Gasteiger partial charge in [-0.1, -0.05) is 23.9 Å². The number of carbonyl (C=O) groups excluding carboxylic acids is 1. The van der Waals surface area contributed by atoms with Crippen molar-refractivity contribution in [3.8, 4) is 11.5 Å². The number of aromatic nitrogens is 3. The number of para-hydroxylation sites is 2. The SMILES string of the molecule is CCn1cnnc1SCC(=O)NCCOc1ccccc1OC. The molecule has 0 fully saturated rings. The molecular weight excluding hydrogens is 316 g/mol. The Kier molecular flexibility index (Phi) is 6.74. The van der Waals surface area contributed by atoms with Crippen LogP contribution in [-0.2, 0) is 11.3 Å². The minimum absolute atomic E-state index is 0.0655. The number of benzene rings is 1. The van der Waals surface area contributed by atoms with Gasteiger partial charge in [0, 0.05) is 6.54 Å². The molecular formula is C15H20N4O3S. The maximum absolute atomic E-state index is 11.8. The van der Waals surface area contributed by atoms with Crippen molar-refractivity contribution in [1.82, 2.24) is 20.1 Å². The zero-order valence-corrected chi connectivity index (χ0v) is 14.0. The van der Waals surface area contributed by atoms with Gasteiger partial charge in [0.2, 0.25) is 5.91 Å². The number of amides is 1. The van der Waals surface area contributed by atoms with Crippen molar-refractivity contribution in [3.05, 3.63) is 30.6 Å². The first-order valence-electron chi connectivity index (χ1n) is 7.27. The molecule has 7 nitrogen and oxygen atoms in total. The van der Waals surface area contributed by atoms with Gasteiger partial charge in [-0.3, -0.25) is 4.79 Å². The van der Waals surface area contributed by atoms with Crippen molar-refractivity contribution < 1.29 is 14.3 Å². The third-order valence-corrected chi connectivity index (χ3v) is 3.98. The van der Waals surface area contributed by atoms with E-state index >= 15 is 0 Å². The zero-order chi connectivity index (χ0) is 16.5. The Morgan fingerprint density at radius 1 is 1.35 bits per heavy atom. The fraction of sp³-hybridized carbons (Fsp3) is 0.400. The number of nitrogens with one attached hydrogen (secondary N) is 1. The van der Waals surface area contributed by atoms with Gasteiger partial charge in [0.25, 0.3) is 0 Å². The number of aryl methyl sites for hydroxylation is 1. The molecule has 0 aliphatic carbocycles. The van der Waals surface area contributed by atoms with E-state index in [1.54, 1.807) is 13.4 Å².